The van der Waals surface area contributed by atoms with Gasteiger partial charge in [0.1, 0.15) is 0 Å². The number of amides is 1. The van der Waals surface area contributed by atoms with Gasteiger partial charge in [-0.15, -0.1) is 35.3 Å². The van der Waals surface area contributed by atoms with E-state index in [9.17, 15) is 4.79 Å². The zero-order chi connectivity index (χ0) is 17.4. The fourth-order valence-electron chi connectivity index (χ4n) is 3.21. The number of guanidine groups is 1. The summed E-state index contributed by atoms with van der Waals surface area (Å²) in [6, 6.07) is 4.29. The summed E-state index contributed by atoms with van der Waals surface area (Å²) in [6.07, 6.45) is 3.72. The number of piperidine rings is 1. The van der Waals surface area contributed by atoms with Crippen molar-refractivity contribution in [3.05, 3.63) is 22.4 Å². The monoisotopic (exact) mass is 478 g/mol. The van der Waals surface area contributed by atoms with Crippen molar-refractivity contribution in [2.24, 2.45) is 22.6 Å². The number of nitrogens with zero attached hydrogens (tertiary/aromatic N) is 2. The number of primary amides is 1. The molecule has 2 heterocycles. The first kappa shape index (κ1) is 22.2. The lowest BCUT2D eigenvalue weighted by Gasteiger charge is -2.34. The van der Waals surface area contributed by atoms with Crippen molar-refractivity contribution < 1.29 is 4.79 Å². The molecule has 1 fully saturated rings. The maximum atomic E-state index is 11.2. The van der Waals surface area contributed by atoms with Crippen molar-refractivity contribution in [1.29, 1.82) is 0 Å². The van der Waals surface area contributed by atoms with Crippen LogP contribution < -0.4 is 11.1 Å². The van der Waals surface area contributed by atoms with E-state index in [0.29, 0.717) is 18.3 Å². The fraction of sp³-hybridized carbons (Fsp3) is 0.667. The molecule has 5 nitrogen and oxygen atoms in total. The van der Waals surface area contributed by atoms with Gasteiger partial charge < -0.3 is 16.0 Å². The third kappa shape index (κ3) is 7.94. The molecule has 1 aromatic heterocycles. The average Bonchev–Trinajstić information content (AvgIpc) is 3.04. The van der Waals surface area contributed by atoms with Gasteiger partial charge in [-0.3, -0.25) is 9.79 Å². The summed E-state index contributed by atoms with van der Waals surface area (Å²) in [5.41, 5.74) is 5.36. The van der Waals surface area contributed by atoms with Crippen molar-refractivity contribution >= 4 is 47.2 Å². The molecule has 2 atom stereocenters. The second-order valence-corrected chi connectivity index (χ2v) is 7.74. The summed E-state index contributed by atoms with van der Waals surface area (Å²) in [5.74, 6) is 1.64. The van der Waals surface area contributed by atoms with E-state index in [-0.39, 0.29) is 29.9 Å². The Hall–Kier alpha value is -0.830. The van der Waals surface area contributed by atoms with E-state index in [1.165, 1.54) is 4.88 Å². The molecule has 0 aromatic carbocycles. The second kappa shape index (κ2) is 11.7. The first-order valence-electron chi connectivity index (χ1n) is 8.92. The first-order valence-corrected chi connectivity index (χ1v) is 9.80. The van der Waals surface area contributed by atoms with Crippen LogP contribution in [0.25, 0.3) is 0 Å². The van der Waals surface area contributed by atoms with Crippen molar-refractivity contribution in [3.63, 3.8) is 0 Å². The van der Waals surface area contributed by atoms with E-state index in [2.05, 4.69) is 41.6 Å². The van der Waals surface area contributed by atoms with Gasteiger partial charge in [0.25, 0.3) is 0 Å². The van der Waals surface area contributed by atoms with Crippen LogP contribution in [0.1, 0.15) is 38.0 Å². The van der Waals surface area contributed by atoms with E-state index in [4.69, 9.17) is 10.7 Å². The Morgan fingerprint density at radius 3 is 3.00 bits per heavy atom. The van der Waals surface area contributed by atoms with Crippen LogP contribution in [0.3, 0.4) is 0 Å². The lowest BCUT2D eigenvalue weighted by Crippen LogP contribution is -2.47. The Morgan fingerprint density at radius 1 is 1.56 bits per heavy atom. The topological polar surface area (TPSA) is 70.7 Å². The Balaban J connectivity index is 0.00000312. The highest BCUT2D eigenvalue weighted by Gasteiger charge is 2.23. The SMILES string of the molecule is CCNC(=NCC(C)Cc1cccs1)N1CCCC(CC(N)=O)C1.I. The predicted octanol–water partition coefficient (Wildman–Crippen LogP) is 3.10. The largest absolute Gasteiger partial charge is 0.370 e. The summed E-state index contributed by atoms with van der Waals surface area (Å²) < 4.78 is 0. The lowest BCUT2D eigenvalue weighted by atomic mass is 9.95. The summed E-state index contributed by atoms with van der Waals surface area (Å²) >= 11 is 1.81. The molecule has 25 heavy (non-hydrogen) atoms. The molecule has 0 saturated carbocycles. The highest BCUT2D eigenvalue weighted by Crippen LogP contribution is 2.20. The second-order valence-electron chi connectivity index (χ2n) is 6.71. The molecule has 3 N–H and O–H groups in total. The first-order chi connectivity index (χ1) is 11.6. The van der Waals surface area contributed by atoms with Gasteiger partial charge in [0.05, 0.1) is 0 Å². The van der Waals surface area contributed by atoms with E-state index >= 15 is 0 Å². The van der Waals surface area contributed by atoms with Gasteiger partial charge in [0.15, 0.2) is 5.96 Å². The number of hydrogen-bond acceptors (Lipinski definition) is 3. The van der Waals surface area contributed by atoms with Crippen LogP contribution in [0, 0.1) is 11.8 Å². The molecule has 0 bridgehead atoms. The van der Waals surface area contributed by atoms with Gasteiger partial charge >= 0.3 is 0 Å². The van der Waals surface area contributed by atoms with Crippen LogP contribution >= 0.6 is 35.3 Å². The smallest absolute Gasteiger partial charge is 0.217 e. The highest BCUT2D eigenvalue weighted by molar-refractivity contribution is 14.0. The third-order valence-corrected chi connectivity index (χ3v) is 5.22. The molecule has 7 heteroatoms. The average molecular weight is 478 g/mol. The van der Waals surface area contributed by atoms with Crippen LogP contribution in [0.2, 0.25) is 0 Å². The summed E-state index contributed by atoms with van der Waals surface area (Å²) in [6.45, 7) is 7.88. The Bertz CT molecular complexity index is 535. The number of halogens is 1. The molecule has 1 amide bonds. The van der Waals surface area contributed by atoms with E-state index in [0.717, 1.165) is 51.4 Å². The normalized spacial score (nSPS) is 19.2. The summed E-state index contributed by atoms with van der Waals surface area (Å²) in [7, 11) is 0. The van der Waals surface area contributed by atoms with E-state index in [1.807, 2.05) is 11.3 Å². The molecule has 0 aliphatic carbocycles. The Kier molecular flexibility index (Phi) is 10.4. The van der Waals surface area contributed by atoms with Gasteiger partial charge in [-0.05, 0) is 49.5 Å². The zero-order valence-electron chi connectivity index (χ0n) is 15.2. The maximum Gasteiger partial charge on any atom is 0.217 e. The minimum absolute atomic E-state index is 0. The van der Waals surface area contributed by atoms with Crippen molar-refractivity contribution in [3.8, 4) is 0 Å². The standard InChI is InChI=1S/C18H30N4OS.HI/c1-3-20-18(21-12-14(2)10-16-7-5-9-24-16)22-8-4-6-15(13-22)11-17(19)23;/h5,7,9,14-15H,3-4,6,8,10-13H2,1-2H3,(H2,19,23)(H,20,21);1H. The number of nitrogens with one attached hydrogen (secondary N) is 1. The Labute approximate surface area is 172 Å². The molecular formula is C18H31IN4OS. The number of nitrogens with two attached hydrogens (primary N) is 1. The molecule has 0 radical (unpaired) electrons. The Morgan fingerprint density at radius 2 is 2.36 bits per heavy atom. The molecule has 2 rings (SSSR count). The minimum atomic E-state index is -0.201. The molecule has 1 saturated heterocycles. The van der Waals surface area contributed by atoms with Crippen molar-refractivity contribution in [2.75, 3.05) is 26.2 Å². The quantitative estimate of drug-likeness (QED) is 0.360. The number of carbonyl (C=O) groups excluding carboxylic acids is 1. The lowest BCUT2D eigenvalue weighted by molar-refractivity contribution is -0.119. The van der Waals surface area contributed by atoms with Crippen LogP contribution in [0.4, 0.5) is 0 Å². The number of likely N-dealkylation sites (tertiary alicyclic amines) is 1. The van der Waals surface area contributed by atoms with E-state index in [1.54, 1.807) is 0 Å². The minimum Gasteiger partial charge on any atom is -0.370 e. The number of hydrogen-bond donors (Lipinski definition) is 2. The van der Waals surface area contributed by atoms with Crippen LogP contribution in [0.5, 0.6) is 0 Å². The number of rotatable bonds is 7. The van der Waals surface area contributed by atoms with Gasteiger partial charge in [0, 0.05) is 37.5 Å². The molecule has 1 aliphatic rings. The van der Waals surface area contributed by atoms with E-state index < -0.39 is 0 Å². The molecule has 0 spiro atoms. The van der Waals surface area contributed by atoms with Crippen LogP contribution in [-0.4, -0.2) is 42.9 Å². The summed E-state index contributed by atoms with van der Waals surface area (Å²) in [4.78, 5) is 19.8. The molecule has 142 valence electrons. The van der Waals surface area contributed by atoms with Gasteiger partial charge in [-0.2, -0.15) is 0 Å². The molecule has 2 unspecified atom stereocenters. The van der Waals surface area contributed by atoms with Gasteiger partial charge in [-0.1, -0.05) is 13.0 Å². The maximum absolute atomic E-state index is 11.2. The van der Waals surface area contributed by atoms with Gasteiger partial charge in [-0.25, -0.2) is 0 Å². The number of aliphatic imine (C=N–C) groups is 1. The number of thiophene rings is 1. The molecule has 1 aromatic rings. The van der Waals surface area contributed by atoms with Crippen molar-refractivity contribution in [1.82, 2.24) is 10.2 Å². The molecule has 1 aliphatic heterocycles. The third-order valence-electron chi connectivity index (χ3n) is 4.33. The van der Waals surface area contributed by atoms with Gasteiger partial charge in [0.2, 0.25) is 5.91 Å². The highest BCUT2D eigenvalue weighted by atomic mass is 127. The predicted molar refractivity (Wildman–Crippen MR) is 117 cm³/mol. The number of carbonyl (C=O) groups is 1. The fourth-order valence-corrected chi connectivity index (χ4v) is 4.08. The zero-order valence-corrected chi connectivity index (χ0v) is 18.4. The van der Waals surface area contributed by atoms with Crippen LogP contribution in [-0.2, 0) is 11.2 Å². The van der Waals surface area contributed by atoms with Crippen molar-refractivity contribution in [2.45, 2.75) is 39.5 Å². The van der Waals surface area contributed by atoms with Crippen LogP contribution in [0.15, 0.2) is 22.5 Å². The summed E-state index contributed by atoms with van der Waals surface area (Å²) in [5, 5.41) is 5.53. The molecular weight excluding hydrogens is 447 g/mol.